The van der Waals surface area contributed by atoms with Crippen LogP contribution in [-0.4, -0.2) is 39.3 Å². The summed E-state index contributed by atoms with van der Waals surface area (Å²) in [6, 6.07) is 23.9. The van der Waals surface area contributed by atoms with Gasteiger partial charge in [0, 0.05) is 16.5 Å². The Morgan fingerprint density at radius 3 is 2.29 bits per heavy atom. The van der Waals surface area contributed by atoms with Gasteiger partial charge in [-0.15, -0.1) is 0 Å². The molecule has 4 aromatic rings. The number of aromatic nitrogens is 2. The molecule has 0 fully saturated rings. The summed E-state index contributed by atoms with van der Waals surface area (Å²) in [5.74, 6) is -0.430. The summed E-state index contributed by atoms with van der Waals surface area (Å²) in [6.07, 6.45) is -1.12. The van der Waals surface area contributed by atoms with E-state index >= 15 is 0 Å². The minimum absolute atomic E-state index is 0.140. The Morgan fingerprint density at radius 2 is 1.62 bits per heavy atom. The van der Waals surface area contributed by atoms with Crippen molar-refractivity contribution in [3.63, 3.8) is 0 Å². The van der Waals surface area contributed by atoms with Crippen molar-refractivity contribution in [1.29, 1.82) is 0 Å². The van der Waals surface area contributed by atoms with Crippen molar-refractivity contribution >= 4 is 30.0 Å². The molecule has 3 aromatic carbocycles. The average Bonchev–Trinajstić information content (AvgIpc) is 2.94. The second-order valence-corrected chi connectivity index (χ2v) is 11.5. The van der Waals surface area contributed by atoms with Crippen LogP contribution in [0.4, 0.5) is 10.7 Å². The molecule has 0 saturated carbocycles. The highest BCUT2D eigenvalue weighted by Crippen LogP contribution is 2.31. The van der Waals surface area contributed by atoms with Gasteiger partial charge in [-0.25, -0.2) is 14.6 Å². The summed E-state index contributed by atoms with van der Waals surface area (Å²) in [4.78, 5) is 33.9. The molecular weight excluding hydrogens is 552 g/mol. The van der Waals surface area contributed by atoms with Crippen LogP contribution in [0.5, 0.6) is 5.88 Å². The number of nitrogens with zero attached hydrogens (tertiary/aromatic N) is 2. The number of aromatic carboxylic acids is 1. The van der Waals surface area contributed by atoms with Crippen molar-refractivity contribution in [3.8, 4) is 17.1 Å². The lowest BCUT2D eigenvalue weighted by atomic mass is 10.00. The minimum Gasteiger partial charge on any atom is -0.478 e. The summed E-state index contributed by atoms with van der Waals surface area (Å²) >= 11 is 1.19. The van der Waals surface area contributed by atoms with Crippen LogP contribution in [0.25, 0.3) is 11.3 Å². The van der Waals surface area contributed by atoms with Crippen molar-refractivity contribution in [2.24, 2.45) is 0 Å². The van der Waals surface area contributed by atoms with E-state index in [0.717, 1.165) is 22.3 Å². The topological polar surface area (TPSA) is 123 Å². The number of nitrogens with one attached hydrogen (secondary N) is 2. The minimum atomic E-state index is -1.01. The number of carbonyl (C=O) groups is 2. The van der Waals surface area contributed by atoms with E-state index in [1.165, 1.54) is 18.0 Å². The number of carboxylic acids is 1. The number of rotatable bonds is 10. The first kappa shape index (κ1) is 30.4. The Bertz CT molecular complexity index is 1540. The normalized spacial score (nSPS) is 11.8. The lowest BCUT2D eigenvalue weighted by Gasteiger charge is -2.23. The van der Waals surface area contributed by atoms with Gasteiger partial charge >= 0.3 is 12.1 Å². The number of aryl methyl sites for hydroxylation is 2. The van der Waals surface area contributed by atoms with Gasteiger partial charge in [0.2, 0.25) is 11.8 Å². The summed E-state index contributed by atoms with van der Waals surface area (Å²) in [6.45, 7) is 9.58. The quantitative estimate of drug-likeness (QED) is 0.165. The van der Waals surface area contributed by atoms with E-state index < -0.39 is 23.8 Å². The van der Waals surface area contributed by atoms with Gasteiger partial charge in [0.15, 0.2) is 0 Å². The molecule has 0 aliphatic carbocycles. The van der Waals surface area contributed by atoms with Gasteiger partial charge in [0.25, 0.3) is 0 Å². The van der Waals surface area contributed by atoms with Gasteiger partial charge in [0.05, 0.1) is 17.8 Å². The molecule has 1 heterocycles. The number of ether oxygens (including phenoxy) is 2. The number of carbonyl (C=O) groups excluding carboxylic acids is 1. The molecular formula is C32H34N4O5S. The van der Waals surface area contributed by atoms with Gasteiger partial charge in [-0.3, -0.25) is 4.72 Å². The molecule has 42 heavy (non-hydrogen) atoms. The molecule has 218 valence electrons. The molecule has 0 saturated heterocycles. The summed E-state index contributed by atoms with van der Waals surface area (Å²) in [7, 11) is 0. The molecule has 1 atom stereocenters. The Kier molecular flexibility index (Phi) is 9.69. The zero-order valence-electron chi connectivity index (χ0n) is 24.2. The molecule has 0 unspecified atom stereocenters. The fourth-order valence-electron chi connectivity index (χ4n) is 4.21. The van der Waals surface area contributed by atoms with Crippen LogP contribution >= 0.6 is 11.9 Å². The molecule has 0 radical (unpaired) electrons. The fraction of sp³-hybridized carbons (Fsp3) is 0.250. The third-order valence-electron chi connectivity index (χ3n) is 6.05. The van der Waals surface area contributed by atoms with Gasteiger partial charge < -0.3 is 19.9 Å². The summed E-state index contributed by atoms with van der Waals surface area (Å²) in [5.41, 5.74) is 4.08. The Labute approximate surface area is 249 Å². The van der Waals surface area contributed by atoms with Crippen molar-refractivity contribution in [2.45, 2.75) is 51.2 Å². The van der Waals surface area contributed by atoms with E-state index in [1.807, 2.05) is 62.4 Å². The maximum atomic E-state index is 12.4. The van der Waals surface area contributed by atoms with Gasteiger partial charge in [-0.2, -0.15) is 4.98 Å². The van der Waals surface area contributed by atoms with Crippen LogP contribution in [0.1, 0.15) is 53.9 Å². The smallest absolute Gasteiger partial charge is 0.407 e. The van der Waals surface area contributed by atoms with Crippen LogP contribution in [-0.2, 0) is 4.74 Å². The molecule has 0 aliphatic rings. The molecule has 4 rings (SSSR count). The first-order chi connectivity index (χ1) is 20.0. The largest absolute Gasteiger partial charge is 0.478 e. The lowest BCUT2D eigenvalue weighted by Crippen LogP contribution is -2.36. The first-order valence-corrected chi connectivity index (χ1v) is 14.2. The molecule has 1 aromatic heterocycles. The van der Waals surface area contributed by atoms with Crippen molar-refractivity contribution in [2.75, 3.05) is 11.3 Å². The molecule has 1 amide bonds. The fourth-order valence-corrected chi connectivity index (χ4v) is 4.84. The van der Waals surface area contributed by atoms with Crippen LogP contribution < -0.4 is 14.8 Å². The van der Waals surface area contributed by atoms with Crippen LogP contribution in [0.3, 0.4) is 0 Å². The van der Waals surface area contributed by atoms with E-state index in [-0.39, 0.29) is 18.1 Å². The zero-order chi connectivity index (χ0) is 30.3. The third kappa shape index (κ3) is 8.47. The van der Waals surface area contributed by atoms with Gasteiger partial charge in [0.1, 0.15) is 11.7 Å². The Hall–Kier alpha value is -4.57. The van der Waals surface area contributed by atoms with E-state index in [1.54, 1.807) is 45.0 Å². The van der Waals surface area contributed by atoms with Crippen LogP contribution in [0.2, 0.25) is 0 Å². The van der Waals surface area contributed by atoms with E-state index in [9.17, 15) is 14.7 Å². The maximum absolute atomic E-state index is 12.4. The number of amides is 1. The Balaban J connectivity index is 1.67. The maximum Gasteiger partial charge on any atom is 0.407 e. The molecule has 3 N–H and O–H groups in total. The number of hydrogen-bond donors (Lipinski definition) is 3. The number of anilines is 1. The SMILES string of the molecule is Cc1cccc(C)c1-c1cc(O[C@H](CNC(=O)OC(C)(C)C)c2ccccc2)nc(NSc2cccc(C(=O)O)c2)n1. The zero-order valence-corrected chi connectivity index (χ0v) is 25.0. The lowest BCUT2D eigenvalue weighted by molar-refractivity contribution is 0.0498. The number of alkyl carbamates (subject to hydrolysis) is 1. The Morgan fingerprint density at radius 1 is 0.929 bits per heavy atom. The first-order valence-electron chi connectivity index (χ1n) is 13.4. The number of carboxylic acid groups (broad SMARTS) is 1. The van der Waals surface area contributed by atoms with Gasteiger partial charge in [-0.05, 0) is 81.5 Å². The standard InChI is InChI=1S/C32H34N4O5S/c1-20-11-9-12-21(2)28(20)25-18-27(35-30(34-25)36-42-24-16-10-15-23(17-24)29(37)38)40-26(22-13-7-6-8-14-22)19-33-31(39)41-32(3,4)5/h6-18,26H,19H2,1-5H3,(H,33,39)(H,37,38)(H,34,35,36)/t26-/m1/s1. The number of hydrogen-bond acceptors (Lipinski definition) is 8. The number of benzene rings is 3. The monoisotopic (exact) mass is 586 g/mol. The second-order valence-electron chi connectivity index (χ2n) is 10.6. The highest BCUT2D eigenvalue weighted by atomic mass is 32.2. The predicted molar refractivity (Wildman–Crippen MR) is 164 cm³/mol. The van der Waals surface area contributed by atoms with E-state index in [4.69, 9.17) is 14.5 Å². The third-order valence-corrected chi connectivity index (χ3v) is 6.82. The highest BCUT2D eigenvalue weighted by molar-refractivity contribution is 8.00. The molecule has 0 spiro atoms. The summed E-state index contributed by atoms with van der Waals surface area (Å²) in [5, 5.41) is 12.2. The molecule has 0 aliphatic heterocycles. The summed E-state index contributed by atoms with van der Waals surface area (Å²) < 4.78 is 15.0. The molecule has 10 heteroatoms. The van der Waals surface area contributed by atoms with Crippen molar-refractivity contribution in [3.05, 3.63) is 101 Å². The molecule has 0 bridgehead atoms. The van der Waals surface area contributed by atoms with Crippen molar-refractivity contribution in [1.82, 2.24) is 15.3 Å². The molecule has 9 nitrogen and oxygen atoms in total. The van der Waals surface area contributed by atoms with Crippen molar-refractivity contribution < 1.29 is 24.2 Å². The van der Waals surface area contributed by atoms with Crippen LogP contribution in [0.15, 0.2) is 83.8 Å². The average molecular weight is 587 g/mol. The second kappa shape index (κ2) is 13.4. The highest BCUT2D eigenvalue weighted by Gasteiger charge is 2.21. The van der Waals surface area contributed by atoms with Gasteiger partial charge in [-0.1, -0.05) is 54.6 Å². The van der Waals surface area contributed by atoms with Crippen LogP contribution in [0, 0.1) is 13.8 Å². The van der Waals surface area contributed by atoms with E-state index in [2.05, 4.69) is 15.0 Å². The van der Waals surface area contributed by atoms with E-state index in [0.29, 0.717) is 16.5 Å². The predicted octanol–water partition coefficient (Wildman–Crippen LogP) is 7.22.